The highest BCUT2D eigenvalue weighted by Crippen LogP contribution is 2.08. The molecule has 1 unspecified atom stereocenters. The Morgan fingerprint density at radius 1 is 1.20 bits per heavy atom. The van der Waals surface area contributed by atoms with Crippen LogP contribution in [0.2, 0.25) is 0 Å². The predicted molar refractivity (Wildman–Crippen MR) is 104 cm³/mol. The second kappa shape index (κ2) is 11.6. The van der Waals surface area contributed by atoms with E-state index in [9.17, 15) is 5.11 Å². The Balaban J connectivity index is 1.67. The molecule has 1 atom stereocenters. The smallest absolute Gasteiger partial charge is 0.191 e. The highest BCUT2D eigenvalue weighted by molar-refractivity contribution is 7.09. The van der Waals surface area contributed by atoms with Crippen molar-refractivity contribution in [2.45, 2.75) is 26.1 Å². The first-order valence-corrected chi connectivity index (χ1v) is 9.50. The summed E-state index contributed by atoms with van der Waals surface area (Å²) in [6.07, 6.45) is 0.349. The van der Waals surface area contributed by atoms with Crippen molar-refractivity contribution < 1.29 is 9.84 Å². The van der Waals surface area contributed by atoms with Gasteiger partial charge in [-0.3, -0.25) is 4.99 Å². The Morgan fingerprint density at radius 3 is 2.76 bits per heavy atom. The van der Waals surface area contributed by atoms with Gasteiger partial charge in [-0.05, 0) is 30.4 Å². The lowest BCUT2D eigenvalue weighted by Crippen LogP contribution is -2.39. The fraction of sp³-hybridized carbons (Fsp3) is 0.421. The zero-order chi connectivity index (χ0) is 17.7. The number of rotatable bonds is 10. The quantitative estimate of drug-likeness (QED) is 0.449. The van der Waals surface area contributed by atoms with Gasteiger partial charge in [-0.25, -0.2) is 0 Å². The molecule has 136 valence electrons. The number of ether oxygens (including phenoxy) is 1. The van der Waals surface area contributed by atoms with E-state index in [1.807, 2.05) is 37.3 Å². The first-order valence-electron chi connectivity index (χ1n) is 8.62. The monoisotopic (exact) mass is 361 g/mol. The molecule has 3 N–H and O–H groups in total. The zero-order valence-corrected chi connectivity index (χ0v) is 15.5. The summed E-state index contributed by atoms with van der Waals surface area (Å²) in [5, 5.41) is 18.6. The summed E-state index contributed by atoms with van der Waals surface area (Å²) in [7, 11) is 0. The van der Waals surface area contributed by atoms with Crippen LogP contribution in [0.1, 0.15) is 17.4 Å². The molecular formula is C19H27N3O2S. The van der Waals surface area contributed by atoms with Crippen molar-refractivity contribution in [3.05, 3.63) is 58.3 Å². The summed E-state index contributed by atoms with van der Waals surface area (Å²) >= 11 is 1.76. The molecule has 0 radical (unpaired) electrons. The fourth-order valence-corrected chi connectivity index (χ4v) is 2.95. The van der Waals surface area contributed by atoms with E-state index in [0.29, 0.717) is 13.2 Å². The zero-order valence-electron chi connectivity index (χ0n) is 14.6. The molecule has 0 saturated heterocycles. The molecule has 0 bridgehead atoms. The van der Waals surface area contributed by atoms with Crippen molar-refractivity contribution >= 4 is 17.3 Å². The van der Waals surface area contributed by atoms with Crippen molar-refractivity contribution in [2.75, 3.05) is 26.2 Å². The van der Waals surface area contributed by atoms with E-state index in [0.717, 1.165) is 31.0 Å². The minimum atomic E-state index is -0.614. The van der Waals surface area contributed by atoms with Crippen molar-refractivity contribution in [2.24, 2.45) is 4.99 Å². The van der Waals surface area contributed by atoms with Gasteiger partial charge in [0.15, 0.2) is 5.96 Å². The average molecular weight is 362 g/mol. The van der Waals surface area contributed by atoms with Gasteiger partial charge in [-0.15, -0.1) is 11.3 Å². The van der Waals surface area contributed by atoms with Gasteiger partial charge in [-0.1, -0.05) is 36.4 Å². The molecule has 0 aliphatic heterocycles. The van der Waals surface area contributed by atoms with E-state index in [1.54, 1.807) is 11.3 Å². The van der Waals surface area contributed by atoms with Gasteiger partial charge in [0.25, 0.3) is 0 Å². The number of benzene rings is 1. The number of nitrogens with zero attached hydrogens (tertiary/aromatic N) is 1. The lowest BCUT2D eigenvalue weighted by Gasteiger charge is -2.13. The van der Waals surface area contributed by atoms with Crippen molar-refractivity contribution in [1.29, 1.82) is 0 Å². The number of guanidine groups is 1. The maximum absolute atomic E-state index is 10.0. The second-order valence-electron chi connectivity index (χ2n) is 5.63. The van der Waals surface area contributed by atoms with Gasteiger partial charge in [0.2, 0.25) is 0 Å². The van der Waals surface area contributed by atoms with Gasteiger partial charge >= 0.3 is 0 Å². The second-order valence-corrected chi connectivity index (χ2v) is 6.66. The van der Waals surface area contributed by atoms with E-state index in [4.69, 9.17) is 4.74 Å². The van der Waals surface area contributed by atoms with Crippen LogP contribution in [0.5, 0.6) is 0 Å². The lowest BCUT2D eigenvalue weighted by molar-refractivity contribution is 0.0331. The van der Waals surface area contributed by atoms with Gasteiger partial charge in [0.1, 0.15) is 0 Å². The molecule has 0 aliphatic carbocycles. The van der Waals surface area contributed by atoms with Gasteiger partial charge < -0.3 is 20.5 Å². The number of hydrogen-bond donors (Lipinski definition) is 3. The van der Waals surface area contributed by atoms with Crippen LogP contribution in [0.25, 0.3) is 0 Å². The standard InChI is InChI=1S/C19H27N3O2S/c1-2-20-19(21-11-10-18-9-6-12-25-18)22-13-17(23)15-24-14-16-7-4-3-5-8-16/h3-9,12,17,23H,2,10-11,13-15H2,1H3,(H2,20,21,22). The third-order valence-electron chi connectivity index (χ3n) is 3.47. The van der Waals surface area contributed by atoms with Crippen LogP contribution in [-0.4, -0.2) is 43.4 Å². The van der Waals surface area contributed by atoms with Crippen LogP contribution in [0.4, 0.5) is 0 Å². The Labute approximate surface area is 153 Å². The minimum absolute atomic E-state index is 0.271. The maximum Gasteiger partial charge on any atom is 0.191 e. The average Bonchev–Trinajstić information content (AvgIpc) is 3.14. The van der Waals surface area contributed by atoms with Gasteiger partial charge in [0, 0.05) is 18.0 Å². The molecule has 2 aromatic rings. The summed E-state index contributed by atoms with van der Waals surface area (Å²) in [5.74, 6) is 0.723. The Bertz CT molecular complexity index is 602. The predicted octanol–water partition coefficient (Wildman–Crippen LogP) is 2.42. The molecule has 0 fully saturated rings. The van der Waals surface area contributed by atoms with Crippen molar-refractivity contribution in [1.82, 2.24) is 10.6 Å². The molecule has 25 heavy (non-hydrogen) atoms. The maximum atomic E-state index is 10.0. The van der Waals surface area contributed by atoms with E-state index in [2.05, 4.69) is 33.1 Å². The molecule has 0 aliphatic rings. The number of nitrogens with one attached hydrogen (secondary N) is 2. The summed E-state index contributed by atoms with van der Waals surface area (Å²) in [4.78, 5) is 5.77. The third kappa shape index (κ3) is 8.16. The first kappa shape index (κ1) is 19.4. The normalized spacial score (nSPS) is 12.8. The van der Waals surface area contributed by atoms with E-state index < -0.39 is 6.10 Å². The highest BCUT2D eigenvalue weighted by Gasteiger charge is 2.05. The minimum Gasteiger partial charge on any atom is -0.389 e. The number of aliphatic imine (C=N–C) groups is 1. The molecule has 5 nitrogen and oxygen atoms in total. The Kier molecular flexibility index (Phi) is 9.04. The van der Waals surface area contributed by atoms with E-state index in [1.165, 1.54) is 4.88 Å². The van der Waals surface area contributed by atoms with Crippen molar-refractivity contribution in [3.8, 4) is 0 Å². The number of aliphatic hydroxyl groups is 1. The SMILES string of the molecule is CCNC(=NCC(O)COCc1ccccc1)NCCc1cccs1. The number of aliphatic hydroxyl groups excluding tert-OH is 1. The van der Waals surface area contributed by atoms with E-state index >= 15 is 0 Å². The summed E-state index contributed by atoms with van der Waals surface area (Å²) in [6.45, 7) is 4.70. The summed E-state index contributed by atoms with van der Waals surface area (Å²) < 4.78 is 5.55. The van der Waals surface area contributed by atoms with Crippen LogP contribution in [0, 0.1) is 0 Å². The topological polar surface area (TPSA) is 65.9 Å². The van der Waals surface area contributed by atoms with Crippen molar-refractivity contribution in [3.63, 3.8) is 0 Å². The molecule has 0 spiro atoms. The van der Waals surface area contributed by atoms with Crippen LogP contribution >= 0.6 is 11.3 Å². The third-order valence-corrected chi connectivity index (χ3v) is 4.41. The van der Waals surface area contributed by atoms with Crippen LogP contribution < -0.4 is 10.6 Å². The molecule has 1 heterocycles. The van der Waals surface area contributed by atoms with Gasteiger partial charge in [0.05, 0.1) is 25.9 Å². The molecule has 1 aromatic carbocycles. The first-order chi connectivity index (χ1) is 12.3. The number of thiophene rings is 1. The molecular weight excluding hydrogens is 334 g/mol. The molecule has 2 rings (SSSR count). The highest BCUT2D eigenvalue weighted by atomic mass is 32.1. The fourth-order valence-electron chi connectivity index (χ4n) is 2.24. The van der Waals surface area contributed by atoms with Gasteiger partial charge in [-0.2, -0.15) is 0 Å². The largest absolute Gasteiger partial charge is 0.389 e. The molecule has 1 aromatic heterocycles. The van der Waals surface area contributed by atoms with Crippen LogP contribution in [-0.2, 0) is 17.8 Å². The summed E-state index contributed by atoms with van der Waals surface area (Å²) in [5.41, 5.74) is 1.10. The molecule has 0 amide bonds. The summed E-state index contributed by atoms with van der Waals surface area (Å²) in [6, 6.07) is 14.1. The molecule has 0 saturated carbocycles. The van der Waals surface area contributed by atoms with Crippen LogP contribution in [0.3, 0.4) is 0 Å². The molecule has 6 heteroatoms. The Morgan fingerprint density at radius 2 is 2.04 bits per heavy atom. The van der Waals surface area contributed by atoms with Crippen LogP contribution in [0.15, 0.2) is 52.8 Å². The number of hydrogen-bond acceptors (Lipinski definition) is 4. The lowest BCUT2D eigenvalue weighted by atomic mass is 10.2. The van der Waals surface area contributed by atoms with E-state index in [-0.39, 0.29) is 6.61 Å². The Hall–Kier alpha value is -1.89.